The lowest BCUT2D eigenvalue weighted by Gasteiger charge is -2.62. The van der Waals surface area contributed by atoms with E-state index in [9.17, 15) is 0 Å². The fourth-order valence-corrected chi connectivity index (χ4v) is 4.16. The third kappa shape index (κ3) is 2.90. The van der Waals surface area contributed by atoms with Gasteiger partial charge >= 0.3 is 0 Å². The molecule has 0 amide bonds. The molecule has 0 radical (unpaired) electrons. The van der Waals surface area contributed by atoms with Crippen molar-refractivity contribution in [3.63, 3.8) is 0 Å². The topological polar surface area (TPSA) is 47.3 Å². The number of hydrogen-bond acceptors (Lipinski definition) is 3. The summed E-state index contributed by atoms with van der Waals surface area (Å²) in [5.74, 6) is 0.564. The van der Waals surface area contributed by atoms with Gasteiger partial charge in [-0.3, -0.25) is 0 Å². The summed E-state index contributed by atoms with van der Waals surface area (Å²) in [6.45, 7) is 9.76. The van der Waals surface area contributed by atoms with Gasteiger partial charge in [-0.05, 0) is 19.4 Å². The number of unbranched alkanes of at least 4 members (excludes halogenated alkanes) is 5. The predicted molar refractivity (Wildman–Crippen MR) is 84.8 cm³/mol. The first kappa shape index (κ1) is 16.3. The van der Waals surface area contributed by atoms with Crippen LogP contribution in [0.25, 0.3) is 0 Å². The van der Waals surface area contributed by atoms with E-state index in [1.54, 1.807) is 0 Å². The first-order valence-corrected chi connectivity index (χ1v) is 8.65. The second kappa shape index (κ2) is 6.76. The molecular formula is C17H34N2O. The van der Waals surface area contributed by atoms with E-state index in [4.69, 9.17) is 10.5 Å². The van der Waals surface area contributed by atoms with E-state index in [1.807, 2.05) is 0 Å². The summed E-state index contributed by atoms with van der Waals surface area (Å²) in [6.07, 6.45) is 9.66. The smallest absolute Gasteiger partial charge is 0.0691 e. The van der Waals surface area contributed by atoms with Crippen LogP contribution in [0.3, 0.4) is 0 Å². The average molecular weight is 282 g/mol. The average Bonchev–Trinajstić information content (AvgIpc) is 2.90. The highest BCUT2D eigenvalue weighted by molar-refractivity contribution is 5.21. The molecule has 0 spiro atoms. The summed E-state index contributed by atoms with van der Waals surface area (Å²) in [7, 11) is 0. The normalized spacial score (nSPS) is 34.8. The Labute approximate surface area is 125 Å². The van der Waals surface area contributed by atoms with Crippen molar-refractivity contribution in [3.05, 3.63) is 0 Å². The molecule has 0 bridgehead atoms. The molecule has 118 valence electrons. The first-order chi connectivity index (χ1) is 9.54. The molecule has 1 saturated heterocycles. The molecular weight excluding hydrogens is 248 g/mol. The summed E-state index contributed by atoms with van der Waals surface area (Å²) in [6, 6.07) is 0. The van der Waals surface area contributed by atoms with Crippen molar-refractivity contribution in [2.24, 2.45) is 17.1 Å². The summed E-state index contributed by atoms with van der Waals surface area (Å²) >= 11 is 0. The molecule has 20 heavy (non-hydrogen) atoms. The van der Waals surface area contributed by atoms with Gasteiger partial charge in [0.2, 0.25) is 0 Å². The van der Waals surface area contributed by atoms with Crippen LogP contribution in [-0.4, -0.2) is 31.3 Å². The molecule has 0 aromatic carbocycles. The van der Waals surface area contributed by atoms with Gasteiger partial charge in [-0.2, -0.15) is 0 Å². The van der Waals surface area contributed by atoms with Gasteiger partial charge in [0.05, 0.1) is 6.10 Å². The van der Waals surface area contributed by atoms with Crippen LogP contribution in [0.5, 0.6) is 0 Å². The molecule has 3 nitrogen and oxygen atoms in total. The van der Waals surface area contributed by atoms with Crippen LogP contribution >= 0.6 is 0 Å². The van der Waals surface area contributed by atoms with E-state index in [0.717, 1.165) is 26.1 Å². The highest BCUT2D eigenvalue weighted by Gasteiger charge is 2.67. The summed E-state index contributed by atoms with van der Waals surface area (Å²) in [4.78, 5) is 0. The SMILES string of the molecule is CCCCCCCCNCC1(N)C2CCOC2C1(C)C. The van der Waals surface area contributed by atoms with Crippen molar-refractivity contribution in [1.82, 2.24) is 5.32 Å². The monoisotopic (exact) mass is 282 g/mol. The van der Waals surface area contributed by atoms with Crippen molar-refractivity contribution in [2.75, 3.05) is 19.7 Å². The van der Waals surface area contributed by atoms with Crippen molar-refractivity contribution < 1.29 is 4.74 Å². The number of ether oxygens (including phenoxy) is 1. The molecule has 2 aliphatic rings. The molecule has 3 atom stereocenters. The quantitative estimate of drug-likeness (QED) is 0.639. The van der Waals surface area contributed by atoms with Gasteiger partial charge in [-0.1, -0.05) is 52.9 Å². The summed E-state index contributed by atoms with van der Waals surface area (Å²) in [5.41, 5.74) is 6.74. The maximum atomic E-state index is 6.70. The molecule has 1 saturated carbocycles. The Morgan fingerprint density at radius 3 is 2.60 bits per heavy atom. The minimum atomic E-state index is -0.0730. The molecule has 0 aromatic rings. The van der Waals surface area contributed by atoms with E-state index in [0.29, 0.717) is 12.0 Å². The number of rotatable bonds is 9. The van der Waals surface area contributed by atoms with Crippen molar-refractivity contribution >= 4 is 0 Å². The molecule has 3 unspecified atom stereocenters. The van der Waals surface area contributed by atoms with E-state index in [1.165, 1.54) is 38.5 Å². The minimum absolute atomic E-state index is 0.0730. The molecule has 1 aliphatic carbocycles. The van der Waals surface area contributed by atoms with E-state index in [-0.39, 0.29) is 11.0 Å². The van der Waals surface area contributed by atoms with E-state index >= 15 is 0 Å². The van der Waals surface area contributed by atoms with Crippen LogP contribution < -0.4 is 11.1 Å². The van der Waals surface area contributed by atoms with Crippen LogP contribution in [0.4, 0.5) is 0 Å². The lowest BCUT2D eigenvalue weighted by atomic mass is 9.48. The van der Waals surface area contributed by atoms with Crippen LogP contribution in [0, 0.1) is 11.3 Å². The fraction of sp³-hybridized carbons (Fsp3) is 1.00. The molecule has 1 heterocycles. The minimum Gasteiger partial charge on any atom is -0.377 e. The van der Waals surface area contributed by atoms with Gasteiger partial charge in [0.25, 0.3) is 0 Å². The number of nitrogens with two attached hydrogens (primary N) is 1. The second-order valence-electron chi connectivity index (χ2n) is 7.39. The van der Waals surface area contributed by atoms with Gasteiger partial charge in [0, 0.05) is 30.0 Å². The molecule has 0 aromatic heterocycles. The van der Waals surface area contributed by atoms with Gasteiger partial charge in [0.15, 0.2) is 0 Å². The summed E-state index contributed by atoms with van der Waals surface area (Å²) in [5, 5.41) is 3.61. The van der Waals surface area contributed by atoms with Gasteiger partial charge in [-0.25, -0.2) is 0 Å². The van der Waals surface area contributed by atoms with Crippen LogP contribution in [-0.2, 0) is 4.74 Å². The van der Waals surface area contributed by atoms with Gasteiger partial charge in [0.1, 0.15) is 0 Å². The number of nitrogens with one attached hydrogen (secondary N) is 1. The lowest BCUT2D eigenvalue weighted by Crippen LogP contribution is -2.78. The maximum Gasteiger partial charge on any atom is 0.0691 e. The number of fused-ring (bicyclic) bond motifs is 1. The summed E-state index contributed by atoms with van der Waals surface area (Å²) < 4.78 is 5.84. The van der Waals surface area contributed by atoms with Crippen LogP contribution in [0.2, 0.25) is 0 Å². The van der Waals surface area contributed by atoms with Crippen molar-refractivity contribution in [1.29, 1.82) is 0 Å². The largest absolute Gasteiger partial charge is 0.377 e. The fourth-order valence-electron chi connectivity index (χ4n) is 4.16. The molecule has 2 fully saturated rings. The Morgan fingerprint density at radius 1 is 1.15 bits per heavy atom. The molecule has 3 heteroatoms. The van der Waals surface area contributed by atoms with Crippen LogP contribution in [0.1, 0.15) is 65.7 Å². The van der Waals surface area contributed by atoms with Crippen molar-refractivity contribution in [3.8, 4) is 0 Å². The maximum absolute atomic E-state index is 6.70. The first-order valence-electron chi connectivity index (χ1n) is 8.65. The zero-order chi connectivity index (χ0) is 14.6. The van der Waals surface area contributed by atoms with E-state index in [2.05, 4.69) is 26.1 Å². The zero-order valence-corrected chi connectivity index (χ0v) is 13.7. The predicted octanol–water partition coefficient (Wildman–Crippen LogP) is 3.08. The lowest BCUT2D eigenvalue weighted by molar-refractivity contribution is -0.153. The zero-order valence-electron chi connectivity index (χ0n) is 13.7. The standard InChI is InChI=1S/C17H34N2O/c1-4-5-6-7-8-9-11-19-13-17(18)14-10-12-20-15(14)16(17,2)3/h14-15,19H,4-13,18H2,1-3H3. The number of hydrogen-bond donors (Lipinski definition) is 2. The van der Waals surface area contributed by atoms with Gasteiger partial charge in [-0.15, -0.1) is 0 Å². The second-order valence-corrected chi connectivity index (χ2v) is 7.39. The highest BCUT2D eigenvalue weighted by Crippen LogP contribution is 2.57. The Kier molecular flexibility index (Phi) is 5.49. The third-order valence-electron chi connectivity index (χ3n) is 5.79. The Morgan fingerprint density at radius 2 is 1.85 bits per heavy atom. The van der Waals surface area contributed by atoms with Crippen molar-refractivity contribution in [2.45, 2.75) is 77.4 Å². The third-order valence-corrected chi connectivity index (χ3v) is 5.79. The molecule has 1 aliphatic heterocycles. The Bertz CT molecular complexity index is 305. The Balaban J connectivity index is 1.62. The van der Waals surface area contributed by atoms with Crippen LogP contribution in [0.15, 0.2) is 0 Å². The highest BCUT2D eigenvalue weighted by atomic mass is 16.5. The Hall–Kier alpha value is -0.120. The van der Waals surface area contributed by atoms with Gasteiger partial charge < -0.3 is 15.8 Å². The molecule has 3 N–H and O–H groups in total. The van der Waals surface area contributed by atoms with E-state index < -0.39 is 0 Å². The molecule has 2 rings (SSSR count).